The van der Waals surface area contributed by atoms with Crippen molar-refractivity contribution in [1.29, 1.82) is 0 Å². The van der Waals surface area contributed by atoms with Gasteiger partial charge in [-0.2, -0.15) is 4.99 Å². The molecule has 1 saturated carbocycles. The van der Waals surface area contributed by atoms with Crippen molar-refractivity contribution >= 4 is 39.9 Å². The molecule has 27 heavy (non-hydrogen) atoms. The van der Waals surface area contributed by atoms with Gasteiger partial charge < -0.3 is 5.32 Å². The summed E-state index contributed by atoms with van der Waals surface area (Å²) in [6.07, 6.45) is 4.60. The molecule has 1 aliphatic heterocycles. The summed E-state index contributed by atoms with van der Waals surface area (Å²) in [5, 5.41) is 4.08. The predicted molar refractivity (Wildman–Crippen MR) is 108 cm³/mol. The topological polar surface area (TPSA) is 67.2 Å². The summed E-state index contributed by atoms with van der Waals surface area (Å²) >= 11 is 1.38. The number of amidine groups is 1. The molecule has 132 valence electrons. The van der Waals surface area contributed by atoms with Gasteiger partial charge in [-0.25, -0.2) is 4.98 Å². The number of aliphatic imine (C=N–C) groups is 1. The Morgan fingerprint density at radius 3 is 2.81 bits per heavy atom. The average Bonchev–Trinajstić information content (AvgIpc) is 3.38. The second-order valence-electron chi connectivity index (χ2n) is 6.61. The molecule has 6 heteroatoms. The first-order valence-electron chi connectivity index (χ1n) is 8.82. The van der Waals surface area contributed by atoms with E-state index < -0.39 is 0 Å². The van der Waals surface area contributed by atoms with Gasteiger partial charge in [-0.15, -0.1) is 0 Å². The van der Waals surface area contributed by atoms with Crippen molar-refractivity contribution in [2.24, 2.45) is 4.99 Å². The second-order valence-corrected chi connectivity index (χ2v) is 7.64. The van der Waals surface area contributed by atoms with E-state index in [0.717, 1.165) is 23.1 Å². The van der Waals surface area contributed by atoms with Gasteiger partial charge in [0.15, 0.2) is 5.17 Å². The van der Waals surface area contributed by atoms with Crippen LogP contribution in [-0.4, -0.2) is 27.1 Å². The number of amides is 1. The van der Waals surface area contributed by atoms with Crippen molar-refractivity contribution in [3.05, 3.63) is 77.0 Å². The van der Waals surface area contributed by atoms with E-state index in [0.29, 0.717) is 22.0 Å². The van der Waals surface area contributed by atoms with Gasteiger partial charge in [0.05, 0.1) is 21.6 Å². The molecular formula is C21H16N4OS. The summed E-state index contributed by atoms with van der Waals surface area (Å²) in [4.78, 5) is 25.8. The van der Waals surface area contributed by atoms with E-state index in [1.165, 1.54) is 17.3 Å². The summed E-state index contributed by atoms with van der Waals surface area (Å²) in [6.45, 7) is 0. The highest BCUT2D eigenvalue weighted by Crippen LogP contribution is 2.41. The third-order valence-electron chi connectivity index (χ3n) is 4.70. The normalized spacial score (nSPS) is 22.9. The Balaban J connectivity index is 1.28. The van der Waals surface area contributed by atoms with Crippen LogP contribution in [0, 0.1) is 0 Å². The molecule has 5 nitrogen and oxygen atoms in total. The number of rotatable bonds is 3. The standard InChI is InChI=1S/C21H16N4OS/c26-20-19(11-14-8-9-16-17(23-14)7-4-10-22-16)27-21(25-20)24-18-12-15(18)13-5-2-1-3-6-13/h1-11,15,18H,12H2,(H,24,25,26)/b19-11-. The number of fused-ring (bicyclic) bond motifs is 1. The van der Waals surface area contributed by atoms with Gasteiger partial charge in [-0.05, 0) is 54.1 Å². The Kier molecular flexibility index (Phi) is 3.98. The van der Waals surface area contributed by atoms with E-state index in [2.05, 4.69) is 44.5 Å². The van der Waals surface area contributed by atoms with Crippen molar-refractivity contribution in [3.63, 3.8) is 0 Å². The van der Waals surface area contributed by atoms with E-state index in [1.807, 2.05) is 30.3 Å². The maximum absolute atomic E-state index is 12.2. The maximum Gasteiger partial charge on any atom is 0.286 e. The van der Waals surface area contributed by atoms with Crippen LogP contribution >= 0.6 is 11.8 Å². The first-order chi connectivity index (χ1) is 13.3. The summed E-state index contributed by atoms with van der Waals surface area (Å²) < 4.78 is 0. The van der Waals surface area contributed by atoms with Crippen LogP contribution in [0.1, 0.15) is 23.6 Å². The molecule has 2 unspecified atom stereocenters. The van der Waals surface area contributed by atoms with E-state index >= 15 is 0 Å². The fraction of sp³-hybridized carbons (Fsp3) is 0.143. The molecule has 1 amide bonds. The Labute approximate surface area is 160 Å². The zero-order chi connectivity index (χ0) is 18.2. The third kappa shape index (κ3) is 3.36. The Hall–Kier alpha value is -2.99. The van der Waals surface area contributed by atoms with Crippen molar-refractivity contribution in [2.75, 3.05) is 0 Å². The molecule has 1 aliphatic carbocycles. The number of carbonyl (C=O) groups is 1. The average molecular weight is 372 g/mol. The van der Waals surface area contributed by atoms with Gasteiger partial charge in [-0.3, -0.25) is 9.78 Å². The highest BCUT2D eigenvalue weighted by atomic mass is 32.2. The van der Waals surface area contributed by atoms with Crippen LogP contribution in [-0.2, 0) is 4.79 Å². The Morgan fingerprint density at radius 1 is 1.04 bits per heavy atom. The van der Waals surface area contributed by atoms with Crippen molar-refractivity contribution in [2.45, 2.75) is 18.4 Å². The molecule has 0 radical (unpaired) electrons. The highest BCUT2D eigenvalue weighted by Gasteiger charge is 2.40. The molecule has 3 aromatic rings. The Bertz CT molecular complexity index is 1090. The van der Waals surface area contributed by atoms with Crippen LogP contribution in [0.15, 0.2) is 70.7 Å². The lowest BCUT2D eigenvalue weighted by molar-refractivity contribution is -0.113. The lowest BCUT2D eigenvalue weighted by Crippen LogP contribution is -2.22. The first kappa shape index (κ1) is 16.2. The summed E-state index contributed by atoms with van der Waals surface area (Å²) in [6, 6.07) is 18.3. The molecule has 3 heterocycles. The zero-order valence-electron chi connectivity index (χ0n) is 14.4. The minimum atomic E-state index is -0.215. The van der Waals surface area contributed by atoms with Crippen LogP contribution in [0.5, 0.6) is 0 Å². The molecule has 2 atom stereocenters. The molecule has 5 rings (SSSR count). The van der Waals surface area contributed by atoms with Crippen molar-refractivity contribution in [3.8, 4) is 0 Å². The van der Waals surface area contributed by atoms with Crippen LogP contribution in [0.2, 0.25) is 0 Å². The zero-order valence-corrected chi connectivity index (χ0v) is 15.2. The highest BCUT2D eigenvalue weighted by molar-refractivity contribution is 8.18. The van der Waals surface area contributed by atoms with Crippen molar-refractivity contribution < 1.29 is 4.79 Å². The van der Waals surface area contributed by atoms with Crippen molar-refractivity contribution in [1.82, 2.24) is 15.3 Å². The largest absolute Gasteiger partial charge is 0.361 e. The molecule has 0 spiro atoms. The number of pyridine rings is 2. The molecule has 0 bridgehead atoms. The number of hydrogen-bond acceptors (Lipinski definition) is 5. The lowest BCUT2D eigenvalue weighted by Gasteiger charge is -2.04. The summed E-state index contributed by atoms with van der Waals surface area (Å²) in [5.41, 5.74) is 3.71. The van der Waals surface area contributed by atoms with E-state index in [-0.39, 0.29) is 5.91 Å². The Morgan fingerprint density at radius 2 is 1.93 bits per heavy atom. The molecule has 2 aliphatic rings. The van der Waals surface area contributed by atoms with E-state index in [9.17, 15) is 4.79 Å². The van der Waals surface area contributed by atoms with E-state index in [4.69, 9.17) is 0 Å². The fourth-order valence-electron chi connectivity index (χ4n) is 3.24. The number of nitrogens with one attached hydrogen (secondary N) is 1. The molecule has 2 aromatic heterocycles. The summed E-state index contributed by atoms with van der Waals surface area (Å²) in [7, 11) is 0. The number of carbonyl (C=O) groups excluding carboxylic acids is 1. The van der Waals surface area contributed by atoms with Gasteiger partial charge in [0.2, 0.25) is 0 Å². The van der Waals surface area contributed by atoms with Crippen LogP contribution in [0.25, 0.3) is 17.1 Å². The number of benzene rings is 1. The monoisotopic (exact) mass is 372 g/mol. The van der Waals surface area contributed by atoms with Gasteiger partial charge >= 0.3 is 0 Å². The predicted octanol–water partition coefficient (Wildman–Crippen LogP) is 3.75. The van der Waals surface area contributed by atoms with Crippen LogP contribution < -0.4 is 5.32 Å². The van der Waals surface area contributed by atoms with Gasteiger partial charge in [-0.1, -0.05) is 30.3 Å². The van der Waals surface area contributed by atoms with Gasteiger partial charge in [0.25, 0.3) is 5.91 Å². The van der Waals surface area contributed by atoms with E-state index in [1.54, 1.807) is 12.3 Å². The summed E-state index contributed by atoms with van der Waals surface area (Å²) in [5.74, 6) is 0.278. The SMILES string of the molecule is O=C1N=C(NC2CC2c2ccccc2)S/C1=C\c1ccc2ncccc2n1. The number of nitrogens with zero attached hydrogens (tertiary/aromatic N) is 3. The fourth-order valence-corrected chi connectivity index (χ4v) is 4.10. The third-order valence-corrected chi connectivity index (χ3v) is 5.62. The van der Waals surface area contributed by atoms with Crippen LogP contribution in [0.3, 0.4) is 0 Å². The maximum atomic E-state index is 12.2. The molecule has 1 aromatic carbocycles. The second kappa shape index (κ2) is 6.63. The van der Waals surface area contributed by atoms with Gasteiger partial charge in [0.1, 0.15) is 0 Å². The number of thioether (sulfide) groups is 1. The molecular weight excluding hydrogens is 356 g/mol. The molecule has 0 saturated heterocycles. The molecule has 1 fully saturated rings. The van der Waals surface area contributed by atoms with Gasteiger partial charge in [0, 0.05) is 18.2 Å². The lowest BCUT2D eigenvalue weighted by atomic mass is 10.1. The minimum absolute atomic E-state index is 0.215. The first-order valence-corrected chi connectivity index (χ1v) is 9.64. The smallest absolute Gasteiger partial charge is 0.286 e. The molecule has 1 N–H and O–H groups in total. The van der Waals surface area contributed by atoms with Crippen LogP contribution in [0.4, 0.5) is 0 Å². The minimum Gasteiger partial charge on any atom is -0.361 e. The number of hydrogen-bond donors (Lipinski definition) is 1. The quantitative estimate of drug-likeness (QED) is 0.710. The number of aromatic nitrogens is 2.